The maximum absolute atomic E-state index is 13.2. The number of carboxylic acid groups (broad SMARTS) is 2. The molecular formula is C25H27N9O10S2. The van der Waals surface area contributed by atoms with E-state index in [0.29, 0.717) is 36.2 Å². The van der Waals surface area contributed by atoms with Crippen LogP contribution in [0.1, 0.15) is 16.3 Å². The summed E-state index contributed by atoms with van der Waals surface area (Å²) in [5.74, 6) is -5.54. The number of rotatable bonds is 10. The van der Waals surface area contributed by atoms with E-state index < -0.39 is 64.6 Å². The van der Waals surface area contributed by atoms with Crippen molar-refractivity contribution in [3.05, 3.63) is 45.3 Å². The fourth-order valence-electron chi connectivity index (χ4n) is 5.20. The van der Waals surface area contributed by atoms with Gasteiger partial charge in [0.2, 0.25) is 23.6 Å². The molecule has 2 aromatic heterocycles. The number of nitrogen functional groups attached to an aromatic ring is 1. The van der Waals surface area contributed by atoms with Crippen LogP contribution in [-0.4, -0.2) is 138 Å². The highest BCUT2D eigenvalue weighted by atomic mass is 32.2. The zero-order valence-corrected chi connectivity index (χ0v) is 25.6. The van der Waals surface area contributed by atoms with Crippen molar-refractivity contribution in [2.24, 2.45) is 5.16 Å². The molecule has 5 rings (SSSR count). The first-order valence-corrected chi connectivity index (χ1v) is 15.3. The molecule has 2 atom stereocenters. The van der Waals surface area contributed by atoms with Gasteiger partial charge in [0.15, 0.2) is 10.9 Å². The van der Waals surface area contributed by atoms with Crippen LogP contribution in [0.25, 0.3) is 0 Å². The lowest BCUT2D eigenvalue weighted by Crippen LogP contribution is -2.72. The zero-order valence-electron chi connectivity index (χ0n) is 24.0. The van der Waals surface area contributed by atoms with E-state index in [4.69, 9.17) is 10.8 Å². The van der Waals surface area contributed by atoms with Gasteiger partial charge in [-0.15, -0.1) is 11.8 Å². The summed E-state index contributed by atoms with van der Waals surface area (Å²) in [5.41, 5.74) is 4.58. The second-order valence-corrected chi connectivity index (χ2v) is 12.7. The number of aromatic hydroxyl groups is 1. The van der Waals surface area contributed by atoms with Crippen molar-refractivity contribution in [2.45, 2.75) is 11.4 Å². The Morgan fingerprint density at radius 2 is 2.00 bits per heavy atom. The first-order valence-electron chi connectivity index (χ1n) is 13.5. The predicted molar refractivity (Wildman–Crippen MR) is 157 cm³/mol. The van der Waals surface area contributed by atoms with Gasteiger partial charge in [0, 0.05) is 35.1 Å². The van der Waals surface area contributed by atoms with Crippen molar-refractivity contribution in [1.29, 1.82) is 0 Å². The number of nitrogens with zero attached hydrogens (tertiary/aromatic N) is 6. The Morgan fingerprint density at radius 1 is 1.28 bits per heavy atom. The Bertz CT molecular complexity index is 1730. The highest BCUT2D eigenvalue weighted by molar-refractivity contribution is 8.00. The SMILES string of the molecule is C[N+]1(CC2=C(C(=O)[O-])N3C(=O)[C@@H](NC(=O)C(=NOCC(=O)O)c4nsc(N)n4)[C@H]3SC2)CCN(C(=O)c2cc(=O)c(O)c[nH]2)CC1. The number of anilines is 1. The van der Waals surface area contributed by atoms with E-state index in [-0.39, 0.29) is 34.6 Å². The van der Waals surface area contributed by atoms with Gasteiger partial charge in [0.25, 0.3) is 17.7 Å². The molecule has 0 unspecified atom stereocenters. The number of carbonyl (C=O) groups excluding carboxylic acids is 4. The summed E-state index contributed by atoms with van der Waals surface area (Å²) < 4.78 is 4.23. The zero-order chi connectivity index (χ0) is 33.3. The van der Waals surface area contributed by atoms with Crippen LogP contribution < -0.4 is 21.6 Å². The number of quaternary nitrogens is 1. The van der Waals surface area contributed by atoms with Crippen molar-refractivity contribution in [3.63, 3.8) is 0 Å². The predicted octanol–water partition coefficient (Wildman–Crippen LogP) is -3.67. The third-order valence-corrected chi connectivity index (χ3v) is 9.42. The number of fused-ring (bicyclic) bond motifs is 1. The lowest BCUT2D eigenvalue weighted by Gasteiger charge is -2.51. The highest BCUT2D eigenvalue weighted by Crippen LogP contribution is 2.40. The molecule has 3 aliphatic heterocycles. The minimum atomic E-state index is -1.55. The summed E-state index contributed by atoms with van der Waals surface area (Å²) in [6, 6.07) is -0.126. The molecule has 0 bridgehead atoms. The summed E-state index contributed by atoms with van der Waals surface area (Å²) in [6.07, 6.45) is 1.05. The number of amides is 3. The number of likely N-dealkylation sites (N-methyl/N-ethyl adjacent to an activating group) is 1. The number of aliphatic carboxylic acids is 2. The van der Waals surface area contributed by atoms with Gasteiger partial charge in [0.05, 0.1) is 44.9 Å². The molecule has 0 aromatic carbocycles. The highest BCUT2D eigenvalue weighted by Gasteiger charge is 2.54. The molecule has 2 saturated heterocycles. The Balaban J connectivity index is 1.26. The molecule has 0 spiro atoms. The number of nitrogens with one attached hydrogen (secondary N) is 2. The van der Waals surface area contributed by atoms with Gasteiger partial charge in [0.1, 0.15) is 23.7 Å². The van der Waals surface area contributed by atoms with Crippen molar-refractivity contribution >= 4 is 63.8 Å². The molecule has 3 aliphatic rings. The third-order valence-electron chi connectivity index (χ3n) is 7.54. The number of oxime groups is 1. The van der Waals surface area contributed by atoms with E-state index in [1.165, 1.54) is 11.8 Å². The number of hydrogen-bond donors (Lipinski definition) is 5. The van der Waals surface area contributed by atoms with Gasteiger partial charge in [-0.2, -0.15) is 9.36 Å². The van der Waals surface area contributed by atoms with E-state index in [1.54, 1.807) is 4.90 Å². The van der Waals surface area contributed by atoms with Crippen molar-refractivity contribution < 1.29 is 48.6 Å². The first kappa shape index (κ1) is 32.4. The van der Waals surface area contributed by atoms with Gasteiger partial charge < -0.3 is 50.4 Å². The van der Waals surface area contributed by atoms with Crippen LogP contribution in [0.2, 0.25) is 0 Å². The third kappa shape index (κ3) is 6.50. The number of H-pyrrole nitrogens is 1. The van der Waals surface area contributed by atoms with Crippen LogP contribution in [0.3, 0.4) is 0 Å². The fourth-order valence-corrected chi connectivity index (χ4v) is 6.97. The summed E-state index contributed by atoms with van der Waals surface area (Å²) in [4.78, 5) is 87.8. The van der Waals surface area contributed by atoms with Crippen LogP contribution in [0.15, 0.2) is 33.5 Å². The summed E-state index contributed by atoms with van der Waals surface area (Å²) in [7, 11) is 1.90. The summed E-state index contributed by atoms with van der Waals surface area (Å²) >= 11 is 1.99. The molecule has 244 valence electrons. The molecule has 2 fully saturated rings. The van der Waals surface area contributed by atoms with Gasteiger partial charge in [-0.3, -0.25) is 24.1 Å². The largest absolute Gasteiger partial charge is 0.543 e. The summed E-state index contributed by atoms with van der Waals surface area (Å²) in [5, 5.41) is 35.8. The molecule has 3 amide bonds. The molecule has 46 heavy (non-hydrogen) atoms. The number of carboxylic acids is 2. The average Bonchev–Trinajstić information content (AvgIpc) is 3.44. The number of thioether (sulfide) groups is 1. The number of carbonyl (C=O) groups is 5. The number of piperazine rings is 1. The lowest BCUT2D eigenvalue weighted by atomic mass is 10.0. The van der Waals surface area contributed by atoms with Crippen LogP contribution in [0.4, 0.5) is 5.13 Å². The Hall–Kier alpha value is -5.02. The number of nitrogens with two attached hydrogens (primary N) is 1. The Kier molecular flexibility index (Phi) is 8.99. The monoisotopic (exact) mass is 677 g/mol. The Labute approximate surface area is 267 Å². The molecule has 21 heteroatoms. The van der Waals surface area contributed by atoms with E-state index in [2.05, 4.69) is 29.7 Å². The number of β-lactam (4-membered cyclic amide) rings is 1. The molecular weight excluding hydrogens is 650 g/mol. The molecule has 5 heterocycles. The quantitative estimate of drug-likeness (QED) is 0.0702. The van der Waals surface area contributed by atoms with Gasteiger partial charge in [-0.1, -0.05) is 5.16 Å². The van der Waals surface area contributed by atoms with Crippen LogP contribution in [-0.2, 0) is 24.0 Å². The van der Waals surface area contributed by atoms with Crippen LogP contribution in [0, 0.1) is 0 Å². The van der Waals surface area contributed by atoms with Crippen LogP contribution >= 0.6 is 23.3 Å². The second kappa shape index (κ2) is 12.8. The van der Waals surface area contributed by atoms with Gasteiger partial charge >= 0.3 is 5.97 Å². The summed E-state index contributed by atoms with van der Waals surface area (Å²) in [6.45, 7) is 0.880. The number of pyridine rings is 1. The maximum atomic E-state index is 13.2. The standard InChI is InChI=1S/C25H27N9O10S2/c1-34(4-2-32(3-5-34)21(40)12-6-13(35)14(36)7-27-12)8-11-10-45-23-17(22(41)33(23)18(11)24(42)43)28-20(39)16(30-44-9-15(37)38)19-29-25(26)46-31-19/h6-7,17,23H,2-5,8-10H2,1H3,(H6-,26,27,28,29,30,31,35,36,37,38,39,40,42,43)/t17-,23-/m1/s1. The minimum absolute atomic E-state index is 0.00297. The average molecular weight is 678 g/mol. The topological polar surface area (TPSA) is 274 Å². The van der Waals surface area contributed by atoms with Crippen molar-refractivity contribution in [2.75, 3.05) is 57.9 Å². The van der Waals surface area contributed by atoms with Crippen molar-refractivity contribution in [3.8, 4) is 5.75 Å². The fraction of sp³-hybridized carbons (Fsp3) is 0.400. The molecule has 2 aromatic rings. The van der Waals surface area contributed by atoms with E-state index in [0.717, 1.165) is 28.7 Å². The van der Waals surface area contributed by atoms with E-state index in [1.807, 2.05) is 7.05 Å². The van der Waals surface area contributed by atoms with Crippen LogP contribution in [0.5, 0.6) is 5.75 Å². The smallest absolute Gasteiger partial charge is 0.344 e. The Morgan fingerprint density at radius 3 is 2.61 bits per heavy atom. The molecule has 6 N–H and O–H groups in total. The van der Waals surface area contributed by atoms with Gasteiger partial charge in [-0.05, 0) is 0 Å². The second-order valence-electron chi connectivity index (χ2n) is 10.8. The number of aromatic nitrogens is 3. The van der Waals surface area contributed by atoms with E-state index in [9.17, 15) is 39.0 Å². The minimum Gasteiger partial charge on any atom is -0.543 e. The van der Waals surface area contributed by atoms with Gasteiger partial charge in [-0.25, -0.2) is 4.79 Å². The maximum Gasteiger partial charge on any atom is 0.344 e. The normalized spacial score (nSPS) is 20.9. The first-order chi connectivity index (χ1) is 21.8. The molecule has 0 saturated carbocycles. The number of hydrogen-bond acceptors (Lipinski definition) is 15. The number of aromatic amines is 1. The van der Waals surface area contributed by atoms with E-state index >= 15 is 0 Å². The molecule has 0 aliphatic carbocycles. The van der Waals surface area contributed by atoms with Crippen molar-refractivity contribution in [1.82, 2.24) is 29.5 Å². The molecule has 0 radical (unpaired) electrons. The lowest BCUT2D eigenvalue weighted by molar-refractivity contribution is -0.908. The molecule has 19 nitrogen and oxygen atoms in total.